The first-order valence-electron chi connectivity index (χ1n) is 6.16. The van der Waals surface area contributed by atoms with E-state index in [0.717, 1.165) is 35.8 Å². The van der Waals surface area contributed by atoms with E-state index in [9.17, 15) is 9.90 Å². The maximum atomic E-state index is 11.2. The topological polar surface area (TPSA) is 49.3 Å². The zero-order valence-electron chi connectivity index (χ0n) is 10.5. The quantitative estimate of drug-likeness (QED) is 0.634. The number of nitrogens with one attached hydrogen (secondary N) is 1. The van der Waals surface area contributed by atoms with Crippen molar-refractivity contribution in [3.05, 3.63) is 42.0 Å². The monoisotopic (exact) mass is 253 g/mol. The van der Waals surface area contributed by atoms with Gasteiger partial charge in [-0.15, -0.1) is 12.3 Å². The van der Waals surface area contributed by atoms with Gasteiger partial charge in [0, 0.05) is 24.0 Å². The van der Waals surface area contributed by atoms with Gasteiger partial charge in [0.05, 0.1) is 5.56 Å². The van der Waals surface area contributed by atoms with Crippen LogP contribution in [0.2, 0.25) is 0 Å². The van der Waals surface area contributed by atoms with Crippen molar-refractivity contribution in [2.24, 2.45) is 0 Å². The average Bonchev–Trinajstić information content (AvgIpc) is 2.43. The van der Waals surface area contributed by atoms with Gasteiger partial charge in [-0.1, -0.05) is 24.3 Å². The molecule has 0 aromatic heterocycles. The van der Waals surface area contributed by atoms with Crippen LogP contribution in [0.4, 0.5) is 5.69 Å². The Morgan fingerprint density at radius 1 is 1.21 bits per heavy atom. The highest BCUT2D eigenvalue weighted by atomic mass is 16.4. The number of rotatable bonds is 5. The molecule has 2 aromatic rings. The molecule has 0 bridgehead atoms. The van der Waals surface area contributed by atoms with Gasteiger partial charge in [0.15, 0.2) is 0 Å². The Hall–Kier alpha value is -2.47. The summed E-state index contributed by atoms with van der Waals surface area (Å²) in [5, 5.41) is 14.1. The van der Waals surface area contributed by atoms with Crippen LogP contribution in [0.5, 0.6) is 0 Å². The maximum absolute atomic E-state index is 11.2. The number of fused-ring (bicyclic) bond motifs is 1. The second-order valence-electron chi connectivity index (χ2n) is 4.25. The van der Waals surface area contributed by atoms with Crippen molar-refractivity contribution in [2.45, 2.75) is 12.8 Å². The lowest BCUT2D eigenvalue weighted by Crippen LogP contribution is -2.04. The summed E-state index contributed by atoms with van der Waals surface area (Å²) in [5.74, 6) is 1.69. The van der Waals surface area contributed by atoms with Crippen LogP contribution in [0, 0.1) is 12.3 Å². The first kappa shape index (κ1) is 13.0. The highest BCUT2D eigenvalue weighted by Crippen LogP contribution is 2.26. The summed E-state index contributed by atoms with van der Waals surface area (Å²) in [6.45, 7) is 0.778. The largest absolute Gasteiger partial charge is 0.478 e. The molecular formula is C16H15NO2. The molecule has 19 heavy (non-hydrogen) atoms. The van der Waals surface area contributed by atoms with Gasteiger partial charge in [-0.25, -0.2) is 4.79 Å². The lowest BCUT2D eigenvalue weighted by atomic mass is 10.0. The lowest BCUT2D eigenvalue weighted by molar-refractivity contribution is 0.0699. The summed E-state index contributed by atoms with van der Waals surface area (Å²) >= 11 is 0. The van der Waals surface area contributed by atoms with Gasteiger partial charge in [0.2, 0.25) is 0 Å². The second-order valence-corrected chi connectivity index (χ2v) is 4.25. The molecule has 96 valence electrons. The third-order valence-electron chi connectivity index (χ3n) is 2.97. The zero-order chi connectivity index (χ0) is 13.7. The number of aromatic carboxylic acids is 1. The highest BCUT2D eigenvalue weighted by molar-refractivity contribution is 6.07. The maximum Gasteiger partial charge on any atom is 0.336 e. The van der Waals surface area contributed by atoms with Crippen LogP contribution in [0.1, 0.15) is 23.2 Å². The molecule has 0 aliphatic rings. The molecule has 0 unspecified atom stereocenters. The molecule has 2 aromatic carbocycles. The number of carbonyl (C=O) groups is 1. The Morgan fingerprint density at radius 2 is 1.95 bits per heavy atom. The Kier molecular flexibility index (Phi) is 4.04. The van der Waals surface area contributed by atoms with Crippen molar-refractivity contribution >= 4 is 22.4 Å². The fourth-order valence-electron chi connectivity index (χ4n) is 2.05. The number of terminal acetylenes is 1. The SMILES string of the molecule is C#CCCCNc1ccc(C(=O)O)c2ccccc12. The van der Waals surface area contributed by atoms with Gasteiger partial charge in [-0.2, -0.15) is 0 Å². The van der Waals surface area contributed by atoms with E-state index >= 15 is 0 Å². The number of carboxylic acid groups (broad SMARTS) is 1. The molecule has 3 heteroatoms. The molecular weight excluding hydrogens is 238 g/mol. The van der Waals surface area contributed by atoms with Gasteiger partial charge < -0.3 is 10.4 Å². The fraction of sp³-hybridized carbons (Fsp3) is 0.188. The van der Waals surface area contributed by atoms with Crippen LogP contribution in [-0.2, 0) is 0 Å². The van der Waals surface area contributed by atoms with E-state index in [1.165, 1.54) is 0 Å². The minimum absolute atomic E-state index is 0.324. The summed E-state index contributed by atoms with van der Waals surface area (Å²) in [7, 11) is 0. The molecule has 2 rings (SSSR count). The van der Waals surface area contributed by atoms with E-state index in [0.29, 0.717) is 5.56 Å². The van der Waals surface area contributed by atoms with Gasteiger partial charge in [-0.3, -0.25) is 0 Å². The second kappa shape index (κ2) is 5.92. The predicted octanol–water partition coefficient (Wildman–Crippen LogP) is 3.36. The molecule has 2 N–H and O–H groups in total. The fourth-order valence-corrected chi connectivity index (χ4v) is 2.05. The number of hydrogen-bond acceptors (Lipinski definition) is 2. The normalized spacial score (nSPS) is 10.1. The molecule has 0 radical (unpaired) electrons. The number of unbranched alkanes of at least 4 members (excludes halogenated alkanes) is 1. The van der Waals surface area contributed by atoms with Gasteiger partial charge >= 0.3 is 5.97 Å². The molecule has 0 aliphatic carbocycles. The van der Waals surface area contributed by atoms with Gasteiger partial charge in [0.25, 0.3) is 0 Å². The molecule has 0 fully saturated rings. The van der Waals surface area contributed by atoms with E-state index in [-0.39, 0.29) is 0 Å². The Morgan fingerprint density at radius 3 is 2.63 bits per heavy atom. The van der Waals surface area contributed by atoms with E-state index in [4.69, 9.17) is 6.42 Å². The highest BCUT2D eigenvalue weighted by Gasteiger charge is 2.10. The molecule has 3 nitrogen and oxygen atoms in total. The van der Waals surface area contributed by atoms with Gasteiger partial charge in [-0.05, 0) is 23.9 Å². The number of anilines is 1. The minimum Gasteiger partial charge on any atom is -0.478 e. The molecule has 0 spiro atoms. The number of carboxylic acids is 1. The minimum atomic E-state index is -0.907. The van der Waals surface area contributed by atoms with Gasteiger partial charge in [0.1, 0.15) is 0 Å². The average molecular weight is 253 g/mol. The standard InChI is InChI=1S/C16H15NO2/c1-2-3-6-11-17-15-10-9-14(16(18)19)12-7-4-5-8-13(12)15/h1,4-5,7-10,17H,3,6,11H2,(H,18,19). The Labute approximate surface area is 112 Å². The van der Waals surface area contributed by atoms with Crippen LogP contribution in [-0.4, -0.2) is 17.6 Å². The van der Waals surface area contributed by atoms with Crippen LogP contribution in [0.15, 0.2) is 36.4 Å². The van der Waals surface area contributed by atoms with Crippen LogP contribution in [0.3, 0.4) is 0 Å². The van der Waals surface area contributed by atoms with Crippen molar-refractivity contribution in [2.75, 3.05) is 11.9 Å². The summed E-state index contributed by atoms with van der Waals surface area (Å²) in [5.41, 5.74) is 1.27. The predicted molar refractivity (Wildman–Crippen MR) is 77.5 cm³/mol. The summed E-state index contributed by atoms with van der Waals surface area (Å²) in [4.78, 5) is 11.2. The first-order chi connectivity index (χ1) is 9.24. The lowest BCUT2D eigenvalue weighted by Gasteiger charge is -2.11. The molecule has 0 aliphatic heterocycles. The Bertz CT molecular complexity index is 641. The van der Waals surface area contributed by atoms with Crippen LogP contribution in [0.25, 0.3) is 10.8 Å². The third-order valence-corrected chi connectivity index (χ3v) is 2.97. The Balaban J connectivity index is 2.33. The molecule has 0 saturated heterocycles. The summed E-state index contributed by atoms with van der Waals surface area (Å²) < 4.78 is 0. The summed E-state index contributed by atoms with van der Waals surface area (Å²) in [6.07, 6.45) is 6.84. The smallest absolute Gasteiger partial charge is 0.336 e. The zero-order valence-corrected chi connectivity index (χ0v) is 10.5. The molecule has 0 amide bonds. The van der Waals surface area contributed by atoms with Crippen molar-refractivity contribution < 1.29 is 9.90 Å². The van der Waals surface area contributed by atoms with Crippen molar-refractivity contribution in [3.8, 4) is 12.3 Å². The van der Waals surface area contributed by atoms with Crippen LogP contribution >= 0.6 is 0 Å². The number of hydrogen-bond donors (Lipinski definition) is 2. The summed E-state index contributed by atoms with van der Waals surface area (Å²) in [6, 6.07) is 10.9. The van der Waals surface area contributed by atoms with E-state index in [2.05, 4.69) is 11.2 Å². The molecule has 0 atom stereocenters. The van der Waals surface area contributed by atoms with Crippen molar-refractivity contribution in [1.82, 2.24) is 0 Å². The number of benzene rings is 2. The third kappa shape index (κ3) is 2.86. The van der Waals surface area contributed by atoms with E-state index < -0.39 is 5.97 Å². The molecule has 0 heterocycles. The first-order valence-corrected chi connectivity index (χ1v) is 6.16. The van der Waals surface area contributed by atoms with Crippen LogP contribution < -0.4 is 5.32 Å². The van der Waals surface area contributed by atoms with E-state index in [1.807, 2.05) is 30.3 Å². The molecule has 0 saturated carbocycles. The van der Waals surface area contributed by atoms with Crippen molar-refractivity contribution in [3.63, 3.8) is 0 Å². The van der Waals surface area contributed by atoms with E-state index in [1.54, 1.807) is 6.07 Å². The van der Waals surface area contributed by atoms with Crippen molar-refractivity contribution in [1.29, 1.82) is 0 Å².